The lowest BCUT2D eigenvalue weighted by Crippen LogP contribution is -2.29. The second-order valence-corrected chi connectivity index (χ2v) is 4.20. The van der Waals surface area contributed by atoms with Crippen LogP contribution in [0.15, 0.2) is 18.2 Å². The van der Waals surface area contributed by atoms with Gasteiger partial charge in [-0.05, 0) is 30.5 Å². The van der Waals surface area contributed by atoms with Crippen LogP contribution in [0.4, 0.5) is 18.9 Å². The molecule has 1 aromatic rings. The lowest BCUT2D eigenvalue weighted by molar-refractivity contribution is -0.137. The molecule has 0 aliphatic carbocycles. The van der Waals surface area contributed by atoms with Crippen molar-refractivity contribution in [1.82, 2.24) is 0 Å². The molecule has 0 aromatic heterocycles. The van der Waals surface area contributed by atoms with Crippen molar-refractivity contribution in [3.8, 4) is 0 Å². The maximum Gasteiger partial charge on any atom is 0.416 e. The van der Waals surface area contributed by atoms with Gasteiger partial charge in [-0.3, -0.25) is 0 Å². The fourth-order valence-electron chi connectivity index (χ4n) is 2.05. The third-order valence-corrected chi connectivity index (χ3v) is 2.93. The van der Waals surface area contributed by atoms with Crippen LogP contribution < -0.4 is 5.32 Å². The molecule has 1 unspecified atom stereocenters. The van der Waals surface area contributed by atoms with Crippen LogP contribution >= 0.6 is 0 Å². The van der Waals surface area contributed by atoms with E-state index in [-0.39, 0.29) is 6.04 Å². The second kappa shape index (κ2) is 4.56. The largest absolute Gasteiger partial charge is 0.416 e. The molecule has 1 atom stereocenters. The monoisotopic (exact) mass is 245 g/mol. The van der Waals surface area contributed by atoms with Crippen molar-refractivity contribution in [2.75, 3.05) is 19.0 Å². The lowest BCUT2D eigenvalue weighted by atomic mass is 9.97. The van der Waals surface area contributed by atoms with E-state index < -0.39 is 11.7 Å². The predicted octanol–water partition coefficient (Wildman–Crippen LogP) is 3.08. The van der Waals surface area contributed by atoms with Crippen molar-refractivity contribution >= 4 is 5.69 Å². The zero-order chi connectivity index (χ0) is 12.5. The van der Waals surface area contributed by atoms with E-state index in [1.54, 1.807) is 13.2 Å². The van der Waals surface area contributed by atoms with Crippen molar-refractivity contribution in [1.29, 1.82) is 0 Å². The zero-order valence-electron chi connectivity index (χ0n) is 9.47. The topological polar surface area (TPSA) is 21.3 Å². The highest BCUT2D eigenvalue weighted by atomic mass is 19.4. The minimum atomic E-state index is -4.29. The Morgan fingerprint density at radius 2 is 2.18 bits per heavy atom. The Kier molecular flexibility index (Phi) is 3.28. The zero-order valence-corrected chi connectivity index (χ0v) is 9.47. The van der Waals surface area contributed by atoms with Gasteiger partial charge < -0.3 is 10.1 Å². The van der Waals surface area contributed by atoms with Gasteiger partial charge in [-0.1, -0.05) is 6.07 Å². The molecule has 0 amide bonds. The summed E-state index contributed by atoms with van der Waals surface area (Å²) in [5.74, 6) is 0. The van der Waals surface area contributed by atoms with Crippen LogP contribution in [0.25, 0.3) is 0 Å². The highest BCUT2D eigenvalue weighted by Gasteiger charge is 2.31. The van der Waals surface area contributed by atoms with Crippen LogP contribution in [-0.4, -0.2) is 19.8 Å². The molecule has 1 aromatic carbocycles. The maximum absolute atomic E-state index is 12.6. The first-order chi connectivity index (χ1) is 8.00. The van der Waals surface area contributed by atoms with E-state index >= 15 is 0 Å². The van der Waals surface area contributed by atoms with Gasteiger partial charge in [-0.25, -0.2) is 0 Å². The van der Waals surface area contributed by atoms with Gasteiger partial charge in [-0.15, -0.1) is 0 Å². The number of alkyl halides is 3. The number of fused-ring (bicyclic) bond motifs is 1. The molecule has 17 heavy (non-hydrogen) atoms. The Labute approximate surface area is 97.8 Å². The first-order valence-corrected chi connectivity index (χ1v) is 5.46. The van der Waals surface area contributed by atoms with Gasteiger partial charge in [0.1, 0.15) is 0 Å². The Bertz CT molecular complexity index is 403. The van der Waals surface area contributed by atoms with Gasteiger partial charge >= 0.3 is 6.18 Å². The highest BCUT2D eigenvalue weighted by Crippen LogP contribution is 2.34. The number of halogens is 3. The van der Waals surface area contributed by atoms with Crippen LogP contribution in [0.2, 0.25) is 0 Å². The Morgan fingerprint density at radius 3 is 2.82 bits per heavy atom. The van der Waals surface area contributed by atoms with Gasteiger partial charge in [0.05, 0.1) is 12.2 Å². The van der Waals surface area contributed by atoms with Crippen molar-refractivity contribution < 1.29 is 17.9 Å². The number of nitrogens with one attached hydrogen (secondary N) is 1. The van der Waals surface area contributed by atoms with Crippen molar-refractivity contribution in [3.05, 3.63) is 29.3 Å². The molecule has 0 saturated carbocycles. The molecule has 1 heterocycles. The summed E-state index contributed by atoms with van der Waals surface area (Å²) in [4.78, 5) is 0. The molecule has 2 rings (SSSR count). The summed E-state index contributed by atoms with van der Waals surface area (Å²) in [5.41, 5.74) is 0.903. The highest BCUT2D eigenvalue weighted by molar-refractivity contribution is 5.56. The van der Waals surface area contributed by atoms with E-state index in [0.717, 1.165) is 24.5 Å². The normalized spacial score (nSPS) is 19.6. The summed E-state index contributed by atoms with van der Waals surface area (Å²) in [6.07, 6.45) is -2.62. The first kappa shape index (κ1) is 12.2. The number of rotatable bonds is 2. The molecule has 0 radical (unpaired) electrons. The van der Waals surface area contributed by atoms with E-state index in [2.05, 4.69) is 5.32 Å². The summed E-state index contributed by atoms with van der Waals surface area (Å²) in [5, 5.41) is 3.09. The maximum atomic E-state index is 12.6. The minimum Gasteiger partial charge on any atom is -0.383 e. The molecule has 1 aliphatic rings. The average molecular weight is 245 g/mol. The van der Waals surface area contributed by atoms with Crippen LogP contribution in [0.5, 0.6) is 0 Å². The fourth-order valence-corrected chi connectivity index (χ4v) is 2.05. The standard InChI is InChI=1S/C12H14F3NO/c1-17-7-10-5-3-8-2-4-9(12(13,14)15)6-11(8)16-10/h2,4,6,10,16H,3,5,7H2,1H3. The first-order valence-electron chi connectivity index (χ1n) is 5.46. The molecule has 5 heteroatoms. The molecular weight excluding hydrogens is 231 g/mol. The van der Waals surface area contributed by atoms with E-state index in [1.165, 1.54) is 6.07 Å². The van der Waals surface area contributed by atoms with Crippen molar-refractivity contribution in [2.45, 2.75) is 25.1 Å². The summed E-state index contributed by atoms with van der Waals surface area (Å²) >= 11 is 0. The number of methoxy groups -OCH3 is 1. The Hall–Kier alpha value is -1.23. The SMILES string of the molecule is COCC1CCc2ccc(C(F)(F)F)cc2N1. The summed E-state index contributed by atoms with van der Waals surface area (Å²) in [6.45, 7) is 0.510. The smallest absolute Gasteiger partial charge is 0.383 e. The molecule has 0 fully saturated rings. The lowest BCUT2D eigenvalue weighted by Gasteiger charge is -2.27. The number of ether oxygens (including phenoxy) is 1. The predicted molar refractivity (Wildman–Crippen MR) is 59.1 cm³/mol. The van der Waals surface area contributed by atoms with Gasteiger partial charge in [0.2, 0.25) is 0 Å². The summed E-state index contributed by atoms with van der Waals surface area (Å²) < 4.78 is 42.7. The number of benzene rings is 1. The third kappa shape index (κ3) is 2.72. The van der Waals surface area contributed by atoms with E-state index in [1.807, 2.05) is 0 Å². The van der Waals surface area contributed by atoms with Gasteiger partial charge in [0, 0.05) is 18.8 Å². The van der Waals surface area contributed by atoms with Crippen LogP contribution in [-0.2, 0) is 17.3 Å². The van der Waals surface area contributed by atoms with Crippen LogP contribution in [0, 0.1) is 0 Å². The van der Waals surface area contributed by atoms with Crippen molar-refractivity contribution in [2.24, 2.45) is 0 Å². The average Bonchev–Trinajstić information content (AvgIpc) is 2.27. The number of anilines is 1. The van der Waals surface area contributed by atoms with E-state index in [4.69, 9.17) is 4.74 Å². The minimum absolute atomic E-state index is 0.0935. The summed E-state index contributed by atoms with van der Waals surface area (Å²) in [7, 11) is 1.59. The summed E-state index contributed by atoms with van der Waals surface area (Å²) in [6, 6.07) is 3.96. The Morgan fingerprint density at radius 1 is 1.41 bits per heavy atom. The van der Waals surface area contributed by atoms with E-state index in [0.29, 0.717) is 12.3 Å². The molecule has 1 N–H and O–H groups in total. The van der Waals surface area contributed by atoms with Crippen LogP contribution in [0.3, 0.4) is 0 Å². The molecule has 0 bridgehead atoms. The molecule has 94 valence electrons. The number of hydrogen-bond acceptors (Lipinski definition) is 2. The second-order valence-electron chi connectivity index (χ2n) is 4.20. The molecule has 2 nitrogen and oxygen atoms in total. The third-order valence-electron chi connectivity index (χ3n) is 2.93. The van der Waals surface area contributed by atoms with Gasteiger partial charge in [0.25, 0.3) is 0 Å². The number of hydrogen-bond donors (Lipinski definition) is 1. The molecule has 0 spiro atoms. The number of aryl methyl sites for hydroxylation is 1. The van der Waals surface area contributed by atoms with E-state index in [9.17, 15) is 13.2 Å². The Balaban J connectivity index is 2.23. The van der Waals surface area contributed by atoms with Crippen molar-refractivity contribution in [3.63, 3.8) is 0 Å². The van der Waals surface area contributed by atoms with Crippen LogP contribution in [0.1, 0.15) is 17.5 Å². The van der Waals surface area contributed by atoms with Gasteiger partial charge in [0.15, 0.2) is 0 Å². The quantitative estimate of drug-likeness (QED) is 0.864. The fraction of sp³-hybridized carbons (Fsp3) is 0.500. The molecule has 0 saturated heterocycles. The molecular formula is C12H14F3NO. The van der Waals surface area contributed by atoms with Gasteiger partial charge in [-0.2, -0.15) is 13.2 Å². The molecule has 1 aliphatic heterocycles.